The van der Waals surface area contributed by atoms with Crippen molar-refractivity contribution in [3.05, 3.63) is 23.5 Å². The fourth-order valence-electron chi connectivity index (χ4n) is 2.01. The first-order valence-electron chi connectivity index (χ1n) is 7.00. The van der Waals surface area contributed by atoms with E-state index in [1.165, 1.54) is 0 Å². The molecule has 0 atom stereocenters. The highest BCUT2D eigenvalue weighted by molar-refractivity contribution is 5.55. The fraction of sp³-hybridized carbons (Fsp3) is 0.600. The van der Waals surface area contributed by atoms with Crippen LogP contribution in [0.2, 0.25) is 0 Å². The van der Waals surface area contributed by atoms with Gasteiger partial charge in [0, 0.05) is 12.0 Å². The molecule has 20 heavy (non-hydrogen) atoms. The van der Waals surface area contributed by atoms with Gasteiger partial charge in [0.1, 0.15) is 11.5 Å². The van der Waals surface area contributed by atoms with Crippen molar-refractivity contribution >= 4 is 0 Å². The second-order valence-electron chi connectivity index (χ2n) is 6.11. The molecule has 0 saturated carbocycles. The minimum absolute atomic E-state index is 0.144. The average Bonchev–Trinajstić information content (AvgIpc) is 2.90. The Morgan fingerprint density at radius 2 is 1.90 bits per heavy atom. The van der Waals surface area contributed by atoms with Crippen LogP contribution in [0, 0.1) is 13.8 Å². The van der Waals surface area contributed by atoms with Crippen molar-refractivity contribution in [3.8, 4) is 11.5 Å². The number of aryl methyl sites for hydroxylation is 3. The topological polar surface area (TPSA) is 64.1 Å². The molecule has 0 bridgehead atoms. The zero-order chi connectivity index (χ0) is 14.8. The Morgan fingerprint density at radius 3 is 2.50 bits per heavy atom. The van der Waals surface area contributed by atoms with E-state index in [-0.39, 0.29) is 5.54 Å². The summed E-state index contributed by atoms with van der Waals surface area (Å²) < 4.78 is 11.2. The van der Waals surface area contributed by atoms with Gasteiger partial charge in [-0.15, -0.1) is 10.2 Å². The molecule has 110 valence electrons. The van der Waals surface area contributed by atoms with E-state index in [9.17, 15) is 0 Å². The third-order valence-electron chi connectivity index (χ3n) is 2.96. The van der Waals surface area contributed by atoms with E-state index in [0.717, 1.165) is 36.5 Å². The first-order chi connectivity index (χ1) is 9.35. The van der Waals surface area contributed by atoms with Gasteiger partial charge in [-0.2, -0.15) is 0 Å². The van der Waals surface area contributed by atoms with Crippen molar-refractivity contribution in [2.45, 2.75) is 53.0 Å². The van der Waals surface area contributed by atoms with Crippen LogP contribution in [-0.4, -0.2) is 22.3 Å². The summed E-state index contributed by atoms with van der Waals surface area (Å²) in [7, 11) is 0. The normalized spacial score (nSPS) is 12.1. The first-order valence-corrected chi connectivity index (χ1v) is 7.00. The summed E-state index contributed by atoms with van der Waals surface area (Å²) in [5.41, 5.74) is 1.03. The molecule has 0 fully saturated rings. The van der Waals surface area contributed by atoms with E-state index in [0.29, 0.717) is 11.8 Å². The molecule has 0 radical (unpaired) electrons. The number of furan rings is 1. The molecule has 0 unspecified atom stereocenters. The lowest BCUT2D eigenvalue weighted by atomic mass is 10.1. The molecular formula is C15H23N3O2. The predicted molar refractivity (Wildman–Crippen MR) is 77.6 cm³/mol. The predicted octanol–water partition coefficient (Wildman–Crippen LogP) is 3.27. The monoisotopic (exact) mass is 277 g/mol. The zero-order valence-corrected chi connectivity index (χ0v) is 12.9. The highest BCUT2D eigenvalue weighted by Gasteiger charge is 2.14. The maximum atomic E-state index is 5.69. The molecule has 2 heterocycles. The van der Waals surface area contributed by atoms with E-state index in [4.69, 9.17) is 8.83 Å². The van der Waals surface area contributed by atoms with Gasteiger partial charge in [0.05, 0.1) is 5.56 Å². The summed E-state index contributed by atoms with van der Waals surface area (Å²) in [5.74, 6) is 2.88. The molecule has 5 nitrogen and oxygen atoms in total. The molecule has 1 N–H and O–H groups in total. The van der Waals surface area contributed by atoms with Crippen LogP contribution in [0.15, 0.2) is 14.9 Å². The van der Waals surface area contributed by atoms with E-state index >= 15 is 0 Å². The van der Waals surface area contributed by atoms with Crippen LogP contribution in [0.4, 0.5) is 0 Å². The van der Waals surface area contributed by atoms with Gasteiger partial charge < -0.3 is 14.2 Å². The first kappa shape index (κ1) is 14.8. The Kier molecular flexibility index (Phi) is 4.28. The maximum absolute atomic E-state index is 5.69. The van der Waals surface area contributed by atoms with Crippen LogP contribution >= 0.6 is 0 Å². The van der Waals surface area contributed by atoms with Crippen molar-refractivity contribution in [2.75, 3.05) is 6.54 Å². The summed E-state index contributed by atoms with van der Waals surface area (Å²) in [6.45, 7) is 11.2. The molecule has 0 spiro atoms. The molecule has 2 aromatic rings. The summed E-state index contributed by atoms with van der Waals surface area (Å²) >= 11 is 0. The van der Waals surface area contributed by atoms with Gasteiger partial charge in [-0.25, -0.2) is 0 Å². The number of rotatable bonds is 5. The third kappa shape index (κ3) is 3.93. The van der Waals surface area contributed by atoms with Crippen LogP contribution in [0.3, 0.4) is 0 Å². The van der Waals surface area contributed by atoms with E-state index in [1.54, 1.807) is 0 Å². The lowest BCUT2D eigenvalue weighted by Gasteiger charge is -2.19. The van der Waals surface area contributed by atoms with Crippen LogP contribution in [-0.2, 0) is 6.42 Å². The molecule has 2 aromatic heterocycles. The van der Waals surface area contributed by atoms with Gasteiger partial charge in [-0.05, 0) is 53.7 Å². The van der Waals surface area contributed by atoms with Crippen molar-refractivity contribution in [1.29, 1.82) is 0 Å². The summed E-state index contributed by atoms with van der Waals surface area (Å²) in [6.07, 6.45) is 1.76. The summed E-state index contributed by atoms with van der Waals surface area (Å²) in [5, 5.41) is 11.6. The minimum atomic E-state index is 0.144. The fourth-order valence-corrected chi connectivity index (χ4v) is 2.01. The van der Waals surface area contributed by atoms with E-state index < -0.39 is 0 Å². The zero-order valence-electron chi connectivity index (χ0n) is 12.9. The molecule has 0 aliphatic heterocycles. The third-order valence-corrected chi connectivity index (χ3v) is 2.96. The van der Waals surface area contributed by atoms with Gasteiger partial charge in [0.15, 0.2) is 0 Å². The Labute approximate surface area is 119 Å². The highest BCUT2D eigenvalue weighted by atomic mass is 16.4. The molecule has 0 saturated heterocycles. The van der Waals surface area contributed by atoms with Crippen molar-refractivity contribution in [3.63, 3.8) is 0 Å². The Morgan fingerprint density at radius 1 is 1.15 bits per heavy atom. The number of aromatic nitrogens is 2. The number of hydrogen-bond acceptors (Lipinski definition) is 5. The molecule has 2 rings (SSSR count). The largest absolute Gasteiger partial charge is 0.466 e. The molecule has 5 heteroatoms. The van der Waals surface area contributed by atoms with Gasteiger partial charge in [0.2, 0.25) is 5.89 Å². The Hall–Kier alpha value is -1.62. The smallest absolute Gasteiger partial charge is 0.251 e. The van der Waals surface area contributed by atoms with Gasteiger partial charge in [0.25, 0.3) is 5.89 Å². The highest BCUT2D eigenvalue weighted by Crippen LogP contribution is 2.25. The minimum Gasteiger partial charge on any atom is -0.466 e. The van der Waals surface area contributed by atoms with Gasteiger partial charge in [-0.3, -0.25) is 0 Å². The van der Waals surface area contributed by atoms with Crippen LogP contribution in [0.5, 0.6) is 0 Å². The van der Waals surface area contributed by atoms with Crippen molar-refractivity contribution in [1.82, 2.24) is 15.5 Å². The van der Waals surface area contributed by atoms with Crippen molar-refractivity contribution in [2.24, 2.45) is 0 Å². The summed E-state index contributed by atoms with van der Waals surface area (Å²) in [4.78, 5) is 0. The van der Waals surface area contributed by atoms with Crippen LogP contribution in [0.25, 0.3) is 11.5 Å². The van der Waals surface area contributed by atoms with Crippen molar-refractivity contribution < 1.29 is 8.83 Å². The molecule has 0 amide bonds. The lowest BCUT2D eigenvalue weighted by Crippen LogP contribution is -2.36. The van der Waals surface area contributed by atoms with Gasteiger partial charge >= 0.3 is 0 Å². The van der Waals surface area contributed by atoms with Crippen LogP contribution < -0.4 is 5.32 Å². The van der Waals surface area contributed by atoms with E-state index in [1.807, 2.05) is 19.9 Å². The molecule has 0 aromatic carbocycles. The standard InChI is InChI=1S/C15H23N3O2/c1-10-9-12(11(2)19-10)14-18-17-13(20-14)7-6-8-16-15(3,4)5/h9,16H,6-8H2,1-5H3. The van der Waals surface area contributed by atoms with Crippen LogP contribution in [0.1, 0.15) is 44.6 Å². The molecule has 0 aliphatic rings. The Bertz CT molecular complexity index is 564. The summed E-state index contributed by atoms with van der Waals surface area (Å²) in [6, 6.07) is 1.92. The quantitative estimate of drug-likeness (QED) is 0.850. The Balaban J connectivity index is 1.91. The van der Waals surface area contributed by atoms with E-state index in [2.05, 4.69) is 36.3 Å². The SMILES string of the molecule is Cc1cc(-c2nnc(CCCNC(C)(C)C)o2)c(C)o1. The second-order valence-corrected chi connectivity index (χ2v) is 6.11. The molecule has 0 aliphatic carbocycles. The second kappa shape index (κ2) is 5.79. The molecular weight excluding hydrogens is 254 g/mol. The number of hydrogen-bond donors (Lipinski definition) is 1. The number of nitrogens with one attached hydrogen (secondary N) is 1. The van der Waals surface area contributed by atoms with Gasteiger partial charge in [-0.1, -0.05) is 0 Å². The average molecular weight is 277 g/mol. The maximum Gasteiger partial charge on any atom is 0.251 e. The lowest BCUT2D eigenvalue weighted by molar-refractivity contribution is 0.412. The number of nitrogens with zero attached hydrogens (tertiary/aromatic N) is 2.